The first-order valence-electron chi connectivity index (χ1n) is 15.2. The topological polar surface area (TPSA) is 130 Å². The van der Waals surface area contributed by atoms with E-state index in [4.69, 9.17) is 9.84 Å². The van der Waals surface area contributed by atoms with Crippen molar-refractivity contribution in [2.24, 2.45) is 11.8 Å². The third-order valence-corrected chi connectivity index (χ3v) is 9.50. The van der Waals surface area contributed by atoms with E-state index in [0.717, 1.165) is 16.5 Å². The van der Waals surface area contributed by atoms with Crippen LogP contribution < -0.4 is 10.6 Å². The quantitative estimate of drug-likeness (QED) is 0.317. The summed E-state index contributed by atoms with van der Waals surface area (Å²) in [5.41, 5.74) is 2.00. The van der Waals surface area contributed by atoms with Gasteiger partial charge in [-0.3, -0.25) is 14.2 Å². The molecule has 232 valence electrons. The maximum atomic E-state index is 14.0. The van der Waals surface area contributed by atoms with Crippen molar-refractivity contribution in [2.75, 3.05) is 18.5 Å². The summed E-state index contributed by atoms with van der Waals surface area (Å²) in [7, 11) is 0. The highest BCUT2D eigenvalue weighted by atomic mass is 19.1. The number of cyclic esters (lactones) is 1. The molecule has 0 radical (unpaired) electrons. The molecule has 3 aliphatic rings. The van der Waals surface area contributed by atoms with Crippen LogP contribution in [0.3, 0.4) is 0 Å². The van der Waals surface area contributed by atoms with Gasteiger partial charge in [-0.1, -0.05) is 30.3 Å². The fraction of sp³-hybridized carbons (Fsp3) is 0.455. The Morgan fingerprint density at radius 1 is 1.05 bits per heavy atom. The lowest BCUT2D eigenvalue weighted by Crippen LogP contribution is -2.49. The zero-order valence-corrected chi connectivity index (χ0v) is 24.8. The van der Waals surface area contributed by atoms with Gasteiger partial charge in [0, 0.05) is 29.5 Å². The van der Waals surface area contributed by atoms with Crippen LogP contribution in [0.15, 0.2) is 54.6 Å². The smallest absolute Gasteiger partial charge is 0.404 e. The van der Waals surface area contributed by atoms with E-state index in [-0.39, 0.29) is 29.6 Å². The zero-order chi connectivity index (χ0) is 31.2. The average Bonchev–Trinajstić information content (AvgIpc) is 3.68. The number of nitrogens with one attached hydrogen (secondary N) is 2. The highest BCUT2D eigenvalue weighted by molar-refractivity contribution is 6.02. The summed E-state index contributed by atoms with van der Waals surface area (Å²) in [5.74, 6) is -1.45. The van der Waals surface area contributed by atoms with Crippen molar-refractivity contribution < 1.29 is 33.4 Å². The highest BCUT2D eigenvalue weighted by Crippen LogP contribution is 2.40. The Labute approximate surface area is 254 Å². The van der Waals surface area contributed by atoms with E-state index in [1.807, 2.05) is 60.9 Å². The van der Waals surface area contributed by atoms with E-state index in [1.54, 1.807) is 17.0 Å². The van der Waals surface area contributed by atoms with Crippen LogP contribution in [0, 0.1) is 11.8 Å². The summed E-state index contributed by atoms with van der Waals surface area (Å²) >= 11 is 0. The summed E-state index contributed by atoms with van der Waals surface area (Å²) in [4.78, 5) is 53.1. The third kappa shape index (κ3) is 5.39. The highest BCUT2D eigenvalue weighted by Gasteiger charge is 2.45. The number of hydrogen-bond donors (Lipinski definition) is 3. The van der Waals surface area contributed by atoms with Crippen LogP contribution in [-0.2, 0) is 20.1 Å². The number of likely N-dealkylation sites (tertiary alicyclic amines) is 1. The number of carbonyl (C=O) groups excluding carboxylic acids is 3. The van der Waals surface area contributed by atoms with Gasteiger partial charge >= 0.3 is 12.1 Å². The molecule has 3 N–H and O–H groups in total. The van der Waals surface area contributed by atoms with Crippen molar-refractivity contribution in [1.29, 1.82) is 0 Å². The SMILES string of the molecule is CC1(C)OC(=O)c2cc3cc(NC(=O)[C@@H]4[C@@H](c5ccccc5)CCN4C(=O)C4CCC([C@@H](CF)NC(=O)O)CC4)ccc3n21. The van der Waals surface area contributed by atoms with E-state index >= 15 is 0 Å². The standard InChI is InChI=1S/C33H37FN4O6/c1-33(2)38-26-13-12-23(16-22(26)17-27(38)31(41)44-33)35-29(39)28-24(19-6-4-3-5-7-19)14-15-37(28)30(40)21-10-8-20(9-11-21)25(18-34)36-32(42)43/h3-7,12-13,16-17,20-21,24-25,28,36H,8-11,14-15,18H2,1-2H3,(H,35,39)(H,42,43)/t20?,21?,24-,25-,28+/m1/s1. The van der Waals surface area contributed by atoms with E-state index in [2.05, 4.69) is 10.6 Å². The van der Waals surface area contributed by atoms with Crippen LogP contribution in [-0.4, -0.2) is 63.8 Å². The van der Waals surface area contributed by atoms with Gasteiger partial charge in [-0.05, 0) is 81.7 Å². The number of carboxylic acid groups (broad SMARTS) is 1. The molecule has 2 aliphatic heterocycles. The van der Waals surface area contributed by atoms with E-state index < -0.39 is 36.5 Å². The lowest BCUT2D eigenvalue weighted by Gasteiger charge is -2.35. The first-order chi connectivity index (χ1) is 21.1. The van der Waals surface area contributed by atoms with Gasteiger partial charge in [0.25, 0.3) is 0 Å². The Morgan fingerprint density at radius 3 is 2.45 bits per heavy atom. The fourth-order valence-corrected chi connectivity index (χ4v) is 7.42. The molecule has 0 unspecified atom stereocenters. The van der Waals surface area contributed by atoms with Crippen LogP contribution in [0.25, 0.3) is 10.9 Å². The minimum absolute atomic E-state index is 0.0925. The van der Waals surface area contributed by atoms with Crippen LogP contribution in [0.5, 0.6) is 0 Å². The van der Waals surface area contributed by atoms with Gasteiger partial charge in [0.1, 0.15) is 18.4 Å². The van der Waals surface area contributed by atoms with Crippen molar-refractivity contribution in [3.05, 3.63) is 65.9 Å². The molecule has 3 atom stereocenters. The number of aromatic nitrogens is 1. The summed E-state index contributed by atoms with van der Waals surface area (Å²) in [5, 5.41) is 15.2. The molecular weight excluding hydrogens is 567 g/mol. The number of alkyl halides is 1. The minimum atomic E-state index is -1.25. The van der Waals surface area contributed by atoms with E-state index in [9.17, 15) is 23.6 Å². The van der Waals surface area contributed by atoms with Gasteiger partial charge in [-0.25, -0.2) is 14.0 Å². The molecule has 2 aromatic carbocycles. The summed E-state index contributed by atoms with van der Waals surface area (Å²) in [6.45, 7) is 3.30. The number of anilines is 1. The second kappa shape index (κ2) is 11.6. The van der Waals surface area contributed by atoms with Gasteiger partial charge < -0.3 is 25.4 Å². The molecule has 44 heavy (non-hydrogen) atoms. The van der Waals surface area contributed by atoms with Crippen molar-refractivity contribution in [1.82, 2.24) is 14.8 Å². The monoisotopic (exact) mass is 604 g/mol. The van der Waals surface area contributed by atoms with Crippen molar-refractivity contribution >= 4 is 40.5 Å². The Kier molecular flexibility index (Phi) is 7.81. The molecule has 3 amide bonds. The lowest BCUT2D eigenvalue weighted by atomic mass is 9.78. The third-order valence-electron chi connectivity index (χ3n) is 9.50. The number of benzene rings is 2. The number of rotatable bonds is 7. The summed E-state index contributed by atoms with van der Waals surface area (Å²) in [6, 6.07) is 15.4. The fourth-order valence-electron chi connectivity index (χ4n) is 7.42. The van der Waals surface area contributed by atoms with Gasteiger partial charge in [-0.15, -0.1) is 0 Å². The molecule has 3 heterocycles. The Morgan fingerprint density at radius 2 is 1.77 bits per heavy atom. The van der Waals surface area contributed by atoms with Crippen molar-refractivity contribution in [3.63, 3.8) is 0 Å². The maximum Gasteiger partial charge on any atom is 0.404 e. The number of hydrogen-bond acceptors (Lipinski definition) is 5. The molecule has 2 fully saturated rings. The Hall–Kier alpha value is -4.41. The zero-order valence-electron chi connectivity index (χ0n) is 24.8. The molecule has 1 saturated heterocycles. The molecule has 0 bridgehead atoms. The largest absolute Gasteiger partial charge is 0.465 e. The molecule has 6 rings (SSSR count). The van der Waals surface area contributed by atoms with E-state index in [1.165, 1.54) is 0 Å². The van der Waals surface area contributed by atoms with Gasteiger partial charge in [0.05, 0.1) is 11.6 Å². The van der Waals surface area contributed by atoms with Crippen molar-refractivity contribution in [2.45, 2.75) is 69.7 Å². The molecule has 0 spiro atoms. The van der Waals surface area contributed by atoms with Crippen LogP contribution in [0.1, 0.15) is 67.9 Å². The molecule has 1 aromatic heterocycles. The predicted molar refractivity (Wildman–Crippen MR) is 161 cm³/mol. The van der Waals surface area contributed by atoms with Crippen LogP contribution in [0.2, 0.25) is 0 Å². The number of nitrogens with zero attached hydrogens (tertiary/aromatic N) is 2. The molecule has 1 aliphatic carbocycles. The summed E-state index contributed by atoms with van der Waals surface area (Å²) in [6.07, 6.45) is 1.47. The van der Waals surface area contributed by atoms with Gasteiger partial charge in [0.2, 0.25) is 11.8 Å². The number of carbonyl (C=O) groups is 4. The van der Waals surface area contributed by atoms with Crippen LogP contribution in [0.4, 0.5) is 14.9 Å². The normalized spacial score (nSPS) is 24.9. The Balaban J connectivity index is 1.22. The van der Waals surface area contributed by atoms with Crippen molar-refractivity contribution in [3.8, 4) is 0 Å². The Bertz CT molecular complexity index is 1600. The van der Waals surface area contributed by atoms with Gasteiger partial charge in [0.15, 0.2) is 5.72 Å². The number of esters is 1. The molecule has 1 saturated carbocycles. The average molecular weight is 605 g/mol. The van der Waals surface area contributed by atoms with E-state index in [0.29, 0.717) is 50.0 Å². The second-order valence-corrected chi connectivity index (χ2v) is 12.6. The first kappa shape index (κ1) is 29.7. The van der Waals surface area contributed by atoms with Crippen LogP contribution >= 0.6 is 0 Å². The molecule has 11 heteroatoms. The lowest BCUT2D eigenvalue weighted by molar-refractivity contribution is -0.141. The maximum absolute atomic E-state index is 14.0. The minimum Gasteiger partial charge on any atom is -0.465 e. The number of ether oxygens (including phenoxy) is 1. The molecular formula is C33H37FN4O6. The molecule has 10 nitrogen and oxygen atoms in total. The molecule has 3 aromatic rings. The summed E-state index contributed by atoms with van der Waals surface area (Å²) < 4.78 is 20.9. The predicted octanol–water partition coefficient (Wildman–Crippen LogP) is 5.24. The number of fused-ring (bicyclic) bond motifs is 3. The number of amides is 3. The van der Waals surface area contributed by atoms with Gasteiger partial charge in [-0.2, -0.15) is 0 Å². The first-order valence-corrected chi connectivity index (χ1v) is 15.2. The number of halogens is 1. The second-order valence-electron chi connectivity index (χ2n) is 12.6.